The number of carbonyl (C=O) groups excluding carboxylic acids is 1. The van der Waals surface area contributed by atoms with Gasteiger partial charge in [-0.2, -0.15) is 0 Å². The lowest BCUT2D eigenvalue weighted by atomic mass is 9.89. The molecule has 0 unspecified atom stereocenters. The second kappa shape index (κ2) is 7.82. The lowest BCUT2D eigenvalue weighted by Gasteiger charge is -2.23. The van der Waals surface area contributed by atoms with Crippen molar-refractivity contribution in [2.45, 2.75) is 25.3 Å². The molecule has 0 saturated heterocycles. The Bertz CT molecular complexity index is 776. The highest BCUT2D eigenvalue weighted by atomic mass is 35.5. The molecule has 132 valence electrons. The van der Waals surface area contributed by atoms with E-state index in [0.29, 0.717) is 12.1 Å². The first-order valence-corrected chi connectivity index (χ1v) is 8.24. The Balaban J connectivity index is 2.13. The van der Waals surface area contributed by atoms with E-state index in [9.17, 15) is 14.7 Å². The van der Waals surface area contributed by atoms with Gasteiger partial charge in [0.2, 0.25) is 0 Å². The summed E-state index contributed by atoms with van der Waals surface area (Å²) in [6, 6.07) is 6.75. The van der Waals surface area contributed by atoms with Crippen molar-refractivity contribution >= 4 is 40.8 Å². The molecule has 0 fully saturated rings. The Morgan fingerprint density at radius 2 is 1.76 bits per heavy atom. The fourth-order valence-corrected chi connectivity index (χ4v) is 2.78. The number of hydrogen-bond acceptors (Lipinski definition) is 4. The quantitative estimate of drug-likeness (QED) is 0.710. The number of carboxylic acids is 1. The lowest BCUT2D eigenvalue weighted by Crippen LogP contribution is -2.49. The molecular formula is C17H17Cl2N3O3. The summed E-state index contributed by atoms with van der Waals surface area (Å²) in [6.45, 7) is 1.73. The number of nitrogens with zero attached hydrogens (tertiary/aromatic N) is 1. The minimum atomic E-state index is -1.32. The number of nitrogens with one attached hydrogen (secondary N) is 1. The van der Waals surface area contributed by atoms with Gasteiger partial charge >= 0.3 is 5.97 Å². The SMILES string of the molecule is CC[C@@](N)(Cc1ccc(NC(=O)c2c(Cl)cncc2Cl)cc1)C(=O)O. The van der Waals surface area contributed by atoms with Crippen LogP contribution in [0.4, 0.5) is 5.69 Å². The number of aliphatic carboxylic acids is 1. The van der Waals surface area contributed by atoms with Crippen molar-refractivity contribution in [2.24, 2.45) is 5.73 Å². The van der Waals surface area contributed by atoms with Gasteiger partial charge in [-0.25, -0.2) is 0 Å². The van der Waals surface area contributed by atoms with Gasteiger partial charge in [0.15, 0.2) is 0 Å². The van der Waals surface area contributed by atoms with Crippen molar-refractivity contribution in [1.29, 1.82) is 0 Å². The van der Waals surface area contributed by atoms with Crippen LogP contribution in [-0.4, -0.2) is 27.5 Å². The van der Waals surface area contributed by atoms with Gasteiger partial charge in [-0.1, -0.05) is 42.3 Å². The molecule has 1 aromatic heterocycles. The smallest absolute Gasteiger partial charge is 0.324 e. The summed E-state index contributed by atoms with van der Waals surface area (Å²) in [6.07, 6.45) is 3.17. The number of nitrogens with two attached hydrogens (primary N) is 1. The summed E-state index contributed by atoms with van der Waals surface area (Å²) in [4.78, 5) is 27.4. The summed E-state index contributed by atoms with van der Waals surface area (Å²) in [7, 11) is 0. The molecule has 0 aliphatic rings. The third-order valence-electron chi connectivity index (χ3n) is 3.87. The highest BCUT2D eigenvalue weighted by Gasteiger charge is 2.31. The van der Waals surface area contributed by atoms with Crippen LogP contribution in [0.3, 0.4) is 0 Å². The number of anilines is 1. The van der Waals surface area contributed by atoms with Gasteiger partial charge in [0.1, 0.15) is 5.54 Å². The summed E-state index contributed by atoms with van der Waals surface area (Å²) < 4.78 is 0. The maximum absolute atomic E-state index is 12.3. The van der Waals surface area contributed by atoms with Crippen LogP contribution >= 0.6 is 23.2 Å². The van der Waals surface area contributed by atoms with E-state index in [-0.39, 0.29) is 22.0 Å². The van der Waals surface area contributed by atoms with E-state index in [0.717, 1.165) is 5.56 Å². The predicted octanol–water partition coefficient (Wildman–Crippen LogP) is 3.38. The fourth-order valence-electron chi connectivity index (χ4n) is 2.24. The molecular weight excluding hydrogens is 365 g/mol. The number of hydrogen-bond donors (Lipinski definition) is 3. The van der Waals surface area contributed by atoms with Crippen molar-refractivity contribution < 1.29 is 14.7 Å². The molecule has 0 saturated carbocycles. The van der Waals surface area contributed by atoms with E-state index in [1.165, 1.54) is 12.4 Å². The molecule has 8 heteroatoms. The number of carboxylic acid groups (broad SMARTS) is 1. The van der Waals surface area contributed by atoms with Gasteiger partial charge < -0.3 is 16.2 Å². The lowest BCUT2D eigenvalue weighted by molar-refractivity contribution is -0.143. The van der Waals surface area contributed by atoms with Crippen molar-refractivity contribution in [3.8, 4) is 0 Å². The normalized spacial score (nSPS) is 13.1. The summed E-state index contributed by atoms with van der Waals surface area (Å²) in [5.74, 6) is -1.51. The number of carbonyl (C=O) groups is 2. The minimum Gasteiger partial charge on any atom is -0.480 e. The van der Waals surface area contributed by atoms with Crippen molar-refractivity contribution in [1.82, 2.24) is 4.98 Å². The molecule has 0 aliphatic heterocycles. The van der Waals surface area contributed by atoms with E-state index >= 15 is 0 Å². The maximum atomic E-state index is 12.3. The zero-order valence-corrected chi connectivity index (χ0v) is 14.9. The van der Waals surface area contributed by atoms with E-state index in [1.54, 1.807) is 31.2 Å². The van der Waals surface area contributed by atoms with Gasteiger partial charge in [-0.05, 0) is 24.1 Å². The molecule has 4 N–H and O–H groups in total. The van der Waals surface area contributed by atoms with Gasteiger partial charge in [0.05, 0.1) is 15.6 Å². The summed E-state index contributed by atoms with van der Waals surface area (Å²) in [5, 5.41) is 12.2. The molecule has 25 heavy (non-hydrogen) atoms. The van der Waals surface area contributed by atoms with Crippen LogP contribution in [0.1, 0.15) is 29.3 Å². The third-order valence-corrected chi connectivity index (χ3v) is 4.44. The van der Waals surface area contributed by atoms with E-state index in [4.69, 9.17) is 28.9 Å². The maximum Gasteiger partial charge on any atom is 0.324 e. The summed E-state index contributed by atoms with van der Waals surface area (Å²) >= 11 is 11.9. The number of aromatic nitrogens is 1. The third kappa shape index (κ3) is 4.48. The molecule has 2 rings (SSSR count). The number of amides is 1. The monoisotopic (exact) mass is 381 g/mol. The standard InChI is InChI=1S/C17H17Cl2N3O3/c1-2-17(20,16(24)25)7-10-3-5-11(6-4-10)22-15(23)14-12(18)8-21-9-13(14)19/h3-6,8-9H,2,7,20H2,1H3,(H,22,23)(H,24,25)/t17-/m1/s1. The van der Waals surface area contributed by atoms with E-state index in [1.807, 2.05) is 0 Å². The van der Waals surface area contributed by atoms with Crippen LogP contribution in [0, 0.1) is 0 Å². The first-order valence-electron chi connectivity index (χ1n) is 7.48. The minimum absolute atomic E-state index is 0.139. The molecule has 1 aromatic carbocycles. The van der Waals surface area contributed by atoms with Crippen molar-refractivity contribution in [3.05, 3.63) is 57.8 Å². The highest BCUT2D eigenvalue weighted by Crippen LogP contribution is 2.24. The number of benzene rings is 1. The van der Waals surface area contributed by atoms with Crippen LogP contribution in [-0.2, 0) is 11.2 Å². The number of pyridine rings is 1. The zero-order chi connectivity index (χ0) is 18.6. The zero-order valence-electron chi connectivity index (χ0n) is 13.4. The van der Waals surface area contributed by atoms with E-state index in [2.05, 4.69) is 10.3 Å². The largest absolute Gasteiger partial charge is 0.480 e. The van der Waals surface area contributed by atoms with Crippen LogP contribution in [0.5, 0.6) is 0 Å². The van der Waals surface area contributed by atoms with Gasteiger partial charge in [-0.15, -0.1) is 0 Å². The Morgan fingerprint density at radius 3 is 2.24 bits per heavy atom. The average Bonchev–Trinajstić information content (AvgIpc) is 2.56. The van der Waals surface area contributed by atoms with Crippen molar-refractivity contribution in [3.63, 3.8) is 0 Å². The molecule has 0 aliphatic carbocycles. The molecule has 0 radical (unpaired) electrons. The molecule has 6 nitrogen and oxygen atoms in total. The molecule has 1 heterocycles. The first kappa shape index (κ1) is 19.2. The van der Waals surface area contributed by atoms with Crippen LogP contribution < -0.4 is 11.1 Å². The molecule has 0 spiro atoms. The molecule has 0 bridgehead atoms. The number of halogens is 2. The molecule has 2 aromatic rings. The Morgan fingerprint density at radius 1 is 1.20 bits per heavy atom. The van der Waals surface area contributed by atoms with Gasteiger partial charge in [-0.3, -0.25) is 14.6 Å². The summed E-state index contributed by atoms with van der Waals surface area (Å²) in [5.41, 5.74) is 5.99. The number of rotatable bonds is 6. The van der Waals surface area contributed by atoms with Crippen molar-refractivity contribution in [2.75, 3.05) is 5.32 Å². The molecule has 1 atom stereocenters. The highest BCUT2D eigenvalue weighted by molar-refractivity contribution is 6.40. The van der Waals surface area contributed by atoms with Crippen LogP contribution in [0.2, 0.25) is 10.0 Å². The Kier molecular flexibility index (Phi) is 6.00. The van der Waals surface area contributed by atoms with Gasteiger partial charge in [0, 0.05) is 24.5 Å². The van der Waals surface area contributed by atoms with Gasteiger partial charge in [0.25, 0.3) is 5.91 Å². The van der Waals surface area contributed by atoms with Crippen LogP contribution in [0.25, 0.3) is 0 Å². The van der Waals surface area contributed by atoms with Crippen LogP contribution in [0.15, 0.2) is 36.7 Å². The topological polar surface area (TPSA) is 105 Å². The molecule has 1 amide bonds. The second-order valence-electron chi connectivity index (χ2n) is 5.62. The second-order valence-corrected chi connectivity index (χ2v) is 6.44. The Hall–Kier alpha value is -2.15. The average molecular weight is 382 g/mol. The first-order chi connectivity index (χ1) is 11.8. The van der Waals surface area contributed by atoms with E-state index < -0.39 is 17.4 Å². The fraction of sp³-hybridized carbons (Fsp3) is 0.235. The Labute approximate surface area is 155 Å². The predicted molar refractivity (Wildman–Crippen MR) is 97.2 cm³/mol.